The standard InChI is InChI=1S/C25H26ClNO3/c1-2-25(15-7-4-8-16-25)27(24(29)17-26)18-23(28)21-11-13-22(14-12-21)30-19-20-9-5-3-6-10-20/h2-15,23,28H,1,16-19H2/t23?,25-/m1/s1. The molecule has 1 aliphatic rings. The first-order valence-corrected chi connectivity index (χ1v) is 10.4. The molecule has 0 aliphatic heterocycles. The van der Waals surface area contributed by atoms with Crippen LogP contribution >= 0.6 is 11.6 Å². The van der Waals surface area contributed by atoms with Gasteiger partial charge in [-0.1, -0.05) is 72.8 Å². The molecule has 1 aliphatic carbocycles. The Morgan fingerprint density at radius 3 is 2.53 bits per heavy atom. The van der Waals surface area contributed by atoms with Crippen molar-refractivity contribution in [3.05, 3.63) is 103 Å². The van der Waals surface area contributed by atoms with Crippen LogP contribution in [0.15, 0.2) is 91.6 Å². The topological polar surface area (TPSA) is 49.8 Å². The van der Waals surface area contributed by atoms with Crippen LogP contribution in [0.1, 0.15) is 23.7 Å². The molecule has 156 valence electrons. The number of nitrogens with zero attached hydrogens (tertiary/aromatic N) is 1. The number of carbonyl (C=O) groups is 1. The lowest BCUT2D eigenvalue weighted by atomic mass is 9.88. The highest BCUT2D eigenvalue weighted by Gasteiger charge is 2.35. The van der Waals surface area contributed by atoms with Crippen LogP contribution in [0.25, 0.3) is 0 Å². The minimum Gasteiger partial charge on any atom is -0.489 e. The first-order valence-electron chi connectivity index (χ1n) is 9.87. The first-order chi connectivity index (χ1) is 14.6. The molecule has 0 fully saturated rings. The zero-order chi connectivity index (χ0) is 21.4. The summed E-state index contributed by atoms with van der Waals surface area (Å²) in [5.41, 5.74) is 1.09. The number of hydrogen-bond acceptors (Lipinski definition) is 3. The van der Waals surface area contributed by atoms with Crippen molar-refractivity contribution >= 4 is 17.5 Å². The lowest BCUT2D eigenvalue weighted by Crippen LogP contribution is -2.51. The maximum absolute atomic E-state index is 12.6. The highest BCUT2D eigenvalue weighted by molar-refractivity contribution is 6.27. The fourth-order valence-electron chi connectivity index (χ4n) is 3.47. The molecule has 4 nitrogen and oxygen atoms in total. The third-order valence-electron chi connectivity index (χ3n) is 5.22. The summed E-state index contributed by atoms with van der Waals surface area (Å²) in [7, 11) is 0. The molecule has 0 saturated carbocycles. The molecule has 5 heteroatoms. The van der Waals surface area contributed by atoms with E-state index in [0.29, 0.717) is 24.3 Å². The smallest absolute Gasteiger partial charge is 0.238 e. The number of β-amino-alcohol motifs (C(OH)–C–C–N with tert-alkyl or cyclic N) is 1. The monoisotopic (exact) mass is 423 g/mol. The van der Waals surface area contributed by atoms with Crippen molar-refractivity contribution in [2.24, 2.45) is 0 Å². The van der Waals surface area contributed by atoms with Gasteiger partial charge in [-0.2, -0.15) is 0 Å². The summed E-state index contributed by atoms with van der Waals surface area (Å²) in [5, 5.41) is 10.8. The van der Waals surface area contributed by atoms with E-state index in [1.807, 2.05) is 78.9 Å². The number of allylic oxidation sites excluding steroid dienone is 2. The maximum atomic E-state index is 12.6. The number of halogens is 1. The van der Waals surface area contributed by atoms with E-state index in [1.54, 1.807) is 11.0 Å². The Morgan fingerprint density at radius 2 is 1.93 bits per heavy atom. The SMILES string of the molecule is C=C[C@@]1(N(CC(O)c2ccc(OCc3ccccc3)cc2)C(=O)CCl)C=CC=CC1. The number of ether oxygens (including phenoxy) is 1. The largest absolute Gasteiger partial charge is 0.489 e. The number of carbonyl (C=O) groups excluding carboxylic acids is 1. The van der Waals surface area contributed by atoms with Gasteiger partial charge in [-0.15, -0.1) is 18.2 Å². The van der Waals surface area contributed by atoms with Crippen LogP contribution in [-0.2, 0) is 11.4 Å². The molecule has 0 heterocycles. The average Bonchev–Trinajstić information content (AvgIpc) is 2.82. The number of alkyl halides is 1. The maximum Gasteiger partial charge on any atom is 0.238 e. The van der Waals surface area contributed by atoms with Gasteiger partial charge in [0.05, 0.1) is 18.2 Å². The Hall–Kier alpha value is -2.82. The third-order valence-corrected chi connectivity index (χ3v) is 5.45. The Bertz CT molecular complexity index is 908. The van der Waals surface area contributed by atoms with Crippen LogP contribution in [0.3, 0.4) is 0 Å². The van der Waals surface area contributed by atoms with E-state index < -0.39 is 11.6 Å². The molecule has 30 heavy (non-hydrogen) atoms. The molecule has 0 spiro atoms. The Morgan fingerprint density at radius 1 is 1.20 bits per heavy atom. The fourth-order valence-corrected chi connectivity index (χ4v) is 3.61. The number of hydrogen-bond donors (Lipinski definition) is 1. The van der Waals surface area contributed by atoms with E-state index in [4.69, 9.17) is 16.3 Å². The summed E-state index contributed by atoms with van der Waals surface area (Å²) in [4.78, 5) is 14.2. The van der Waals surface area contributed by atoms with Crippen LogP contribution < -0.4 is 4.74 Å². The number of amides is 1. The number of rotatable bonds is 9. The Kier molecular flexibility index (Phi) is 7.50. The predicted molar refractivity (Wildman–Crippen MR) is 120 cm³/mol. The van der Waals surface area contributed by atoms with Crippen molar-refractivity contribution in [1.82, 2.24) is 4.90 Å². The van der Waals surface area contributed by atoms with E-state index >= 15 is 0 Å². The van der Waals surface area contributed by atoms with Gasteiger partial charge in [0, 0.05) is 0 Å². The molecule has 0 aromatic heterocycles. The Balaban J connectivity index is 1.69. The van der Waals surface area contributed by atoms with Gasteiger partial charge in [0.25, 0.3) is 0 Å². The zero-order valence-electron chi connectivity index (χ0n) is 16.8. The van der Waals surface area contributed by atoms with E-state index in [0.717, 1.165) is 5.56 Å². The molecule has 0 saturated heterocycles. The zero-order valence-corrected chi connectivity index (χ0v) is 17.5. The van der Waals surface area contributed by atoms with Crippen LogP contribution in [0.2, 0.25) is 0 Å². The second-order valence-electron chi connectivity index (χ2n) is 7.18. The first kappa shape index (κ1) is 21.9. The lowest BCUT2D eigenvalue weighted by molar-refractivity contribution is -0.133. The molecule has 1 N–H and O–H groups in total. The number of aliphatic hydroxyl groups is 1. The van der Waals surface area contributed by atoms with Gasteiger partial charge in [0.1, 0.15) is 18.2 Å². The summed E-state index contributed by atoms with van der Waals surface area (Å²) in [6, 6.07) is 17.2. The highest BCUT2D eigenvalue weighted by atomic mass is 35.5. The predicted octanol–water partition coefficient (Wildman–Crippen LogP) is 4.81. The Labute approximate surface area is 182 Å². The van der Waals surface area contributed by atoms with Gasteiger partial charge in [-0.05, 0) is 29.7 Å². The minimum absolute atomic E-state index is 0.111. The van der Waals surface area contributed by atoms with Crippen LogP contribution in [-0.4, -0.2) is 33.9 Å². The van der Waals surface area contributed by atoms with Crippen molar-refractivity contribution < 1.29 is 14.6 Å². The van der Waals surface area contributed by atoms with E-state index in [1.165, 1.54) is 0 Å². The van der Waals surface area contributed by atoms with Crippen molar-refractivity contribution in [2.45, 2.75) is 24.7 Å². The van der Waals surface area contributed by atoms with Crippen molar-refractivity contribution in [2.75, 3.05) is 12.4 Å². The summed E-state index contributed by atoms with van der Waals surface area (Å²) in [6.07, 6.45) is 9.15. The van der Waals surface area contributed by atoms with Crippen molar-refractivity contribution in [3.8, 4) is 5.75 Å². The van der Waals surface area contributed by atoms with E-state index in [9.17, 15) is 9.90 Å². The molecular weight excluding hydrogens is 398 g/mol. The normalized spacial score (nSPS) is 18.6. The fraction of sp³-hybridized carbons (Fsp3) is 0.240. The summed E-state index contributed by atoms with van der Waals surface area (Å²) < 4.78 is 5.80. The molecule has 1 amide bonds. The molecule has 1 unspecified atom stereocenters. The molecule has 0 radical (unpaired) electrons. The second kappa shape index (κ2) is 10.3. The highest BCUT2D eigenvalue weighted by Crippen LogP contribution is 2.30. The van der Waals surface area contributed by atoms with Crippen molar-refractivity contribution in [3.63, 3.8) is 0 Å². The molecule has 3 rings (SSSR count). The van der Waals surface area contributed by atoms with Gasteiger partial charge in [0.15, 0.2) is 0 Å². The summed E-state index contributed by atoms with van der Waals surface area (Å²) in [6.45, 7) is 4.50. The van der Waals surface area contributed by atoms with Gasteiger partial charge < -0.3 is 14.7 Å². The number of aliphatic hydroxyl groups excluding tert-OH is 1. The third kappa shape index (κ3) is 5.21. The lowest BCUT2D eigenvalue weighted by Gasteiger charge is -2.41. The van der Waals surface area contributed by atoms with Crippen LogP contribution in [0.4, 0.5) is 0 Å². The second-order valence-corrected chi connectivity index (χ2v) is 7.45. The van der Waals surface area contributed by atoms with E-state index in [2.05, 4.69) is 6.58 Å². The molecule has 2 aromatic rings. The molecule has 0 bridgehead atoms. The van der Waals surface area contributed by atoms with Crippen LogP contribution in [0.5, 0.6) is 5.75 Å². The quantitative estimate of drug-likeness (QED) is 0.465. The van der Waals surface area contributed by atoms with E-state index in [-0.39, 0.29) is 18.3 Å². The van der Waals surface area contributed by atoms with Gasteiger partial charge >= 0.3 is 0 Å². The number of benzene rings is 2. The van der Waals surface area contributed by atoms with Gasteiger partial charge in [-0.25, -0.2) is 0 Å². The molecular formula is C25H26ClNO3. The van der Waals surface area contributed by atoms with Gasteiger partial charge in [0.2, 0.25) is 5.91 Å². The summed E-state index contributed by atoms with van der Waals surface area (Å²) in [5.74, 6) is 0.302. The molecule has 2 atom stereocenters. The average molecular weight is 424 g/mol. The van der Waals surface area contributed by atoms with Crippen molar-refractivity contribution in [1.29, 1.82) is 0 Å². The van der Waals surface area contributed by atoms with Crippen LogP contribution in [0, 0.1) is 0 Å². The minimum atomic E-state index is -0.864. The molecule has 2 aromatic carbocycles. The summed E-state index contributed by atoms with van der Waals surface area (Å²) >= 11 is 5.85. The van der Waals surface area contributed by atoms with Gasteiger partial charge in [-0.3, -0.25) is 4.79 Å².